The molecule has 2 N–H and O–H groups in total. The van der Waals surface area contributed by atoms with E-state index >= 15 is 0 Å². The van der Waals surface area contributed by atoms with Crippen LogP contribution >= 0.6 is 15.9 Å². The van der Waals surface area contributed by atoms with Gasteiger partial charge < -0.3 is 19.8 Å². The van der Waals surface area contributed by atoms with Crippen molar-refractivity contribution < 1.29 is 9.47 Å². The number of anilines is 1. The molecule has 0 spiro atoms. The minimum Gasteiger partial charge on any atom is -0.394 e. The highest BCUT2D eigenvalue weighted by atomic mass is 79.9. The molecule has 2 rings (SSSR count). The first-order valence-electron chi connectivity index (χ1n) is 5.34. The van der Waals surface area contributed by atoms with Crippen LogP contribution in [0.2, 0.25) is 0 Å². The van der Waals surface area contributed by atoms with E-state index in [1.54, 1.807) is 12.3 Å². The van der Waals surface area contributed by atoms with Gasteiger partial charge in [-0.3, -0.25) is 4.79 Å². The molecular weight excluding hydrogens is 288 g/mol. The van der Waals surface area contributed by atoms with Gasteiger partial charge in [0, 0.05) is 10.7 Å². The van der Waals surface area contributed by atoms with Gasteiger partial charge in [-0.25, -0.2) is 0 Å². The predicted molar refractivity (Wildman–Crippen MR) is 67.7 cm³/mol. The maximum Gasteiger partial charge on any atom is 0.273 e. The van der Waals surface area contributed by atoms with Crippen LogP contribution in [0, 0.1) is 0 Å². The maximum atomic E-state index is 11.8. The molecule has 0 bridgehead atoms. The fraction of sp³-hybridized carbons (Fsp3) is 0.545. The van der Waals surface area contributed by atoms with Gasteiger partial charge in [0.1, 0.15) is 6.10 Å². The standard InChI is InChI=1S/C11H15BrN2O3/c1-11(2)16-6-8(17-11)5-14-4-7(12)3-9(13)10(14)15/h3-4,8H,5-6,13H2,1-2H3/t8-/m1/s1. The lowest BCUT2D eigenvalue weighted by Crippen LogP contribution is -2.30. The largest absolute Gasteiger partial charge is 0.394 e. The minimum atomic E-state index is -0.578. The molecule has 1 aromatic heterocycles. The number of rotatable bonds is 2. The molecule has 1 aliphatic heterocycles. The SMILES string of the molecule is CC1(C)OC[C@@H](Cn2cc(Br)cc(N)c2=O)O1. The Morgan fingerprint density at radius 2 is 2.35 bits per heavy atom. The zero-order valence-electron chi connectivity index (χ0n) is 9.77. The van der Waals surface area contributed by atoms with Crippen molar-refractivity contribution >= 4 is 21.6 Å². The summed E-state index contributed by atoms with van der Waals surface area (Å²) in [6.07, 6.45) is 1.57. The van der Waals surface area contributed by atoms with Gasteiger partial charge >= 0.3 is 0 Å². The molecule has 6 heteroatoms. The first-order chi connectivity index (χ1) is 7.87. The second kappa shape index (κ2) is 4.44. The third-order valence-electron chi connectivity index (χ3n) is 2.55. The van der Waals surface area contributed by atoms with Gasteiger partial charge in [0.2, 0.25) is 0 Å². The number of nitrogen functional groups attached to an aromatic ring is 1. The second-order valence-corrected chi connectivity index (χ2v) is 5.44. The lowest BCUT2D eigenvalue weighted by Gasteiger charge is -2.17. The van der Waals surface area contributed by atoms with E-state index in [0.717, 1.165) is 4.47 Å². The number of nitrogens with zero attached hydrogens (tertiary/aromatic N) is 1. The summed E-state index contributed by atoms with van der Waals surface area (Å²) in [5, 5.41) is 0. The van der Waals surface area contributed by atoms with Crippen LogP contribution in [-0.2, 0) is 16.0 Å². The van der Waals surface area contributed by atoms with E-state index < -0.39 is 5.79 Å². The van der Waals surface area contributed by atoms with Crippen LogP contribution in [0.1, 0.15) is 13.8 Å². The average Bonchev–Trinajstić information content (AvgIpc) is 2.54. The molecule has 1 aromatic rings. The van der Waals surface area contributed by atoms with Crippen LogP contribution in [-0.4, -0.2) is 23.1 Å². The summed E-state index contributed by atoms with van der Waals surface area (Å²) in [4.78, 5) is 11.8. The molecule has 0 aromatic carbocycles. The molecule has 2 heterocycles. The van der Waals surface area contributed by atoms with Gasteiger partial charge in [0.05, 0.1) is 18.8 Å². The Morgan fingerprint density at radius 3 is 2.94 bits per heavy atom. The predicted octanol–water partition coefficient (Wildman–Crippen LogP) is 1.34. The van der Waals surface area contributed by atoms with E-state index in [1.807, 2.05) is 13.8 Å². The molecule has 94 valence electrons. The quantitative estimate of drug-likeness (QED) is 0.895. The summed E-state index contributed by atoms with van der Waals surface area (Å²) in [5.74, 6) is -0.578. The van der Waals surface area contributed by atoms with Crippen LogP contribution in [0.25, 0.3) is 0 Å². The number of ether oxygens (including phenoxy) is 2. The summed E-state index contributed by atoms with van der Waals surface area (Å²) in [5.41, 5.74) is 5.63. The fourth-order valence-electron chi connectivity index (χ4n) is 1.83. The summed E-state index contributed by atoms with van der Waals surface area (Å²) in [7, 11) is 0. The third kappa shape index (κ3) is 2.88. The Labute approximate surface area is 108 Å². The van der Waals surface area contributed by atoms with Crippen molar-refractivity contribution in [3.8, 4) is 0 Å². The Balaban J connectivity index is 2.17. The molecule has 5 nitrogen and oxygen atoms in total. The van der Waals surface area contributed by atoms with Gasteiger partial charge in [-0.1, -0.05) is 0 Å². The monoisotopic (exact) mass is 302 g/mol. The molecule has 0 aliphatic carbocycles. The van der Waals surface area contributed by atoms with Crippen LogP contribution in [0.3, 0.4) is 0 Å². The van der Waals surface area contributed by atoms with Crippen molar-refractivity contribution in [2.45, 2.75) is 32.3 Å². The molecule has 1 aliphatic rings. The van der Waals surface area contributed by atoms with Gasteiger partial charge in [-0.05, 0) is 35.8 Å². The van der Waals surface area contributed by atoms with Crippen molar-refractivity contribution in [1.29, 1.82) is 0 Å². The van der Waals surface area contributed by atoms with E-state index in [4.69, 9.17) is 15.2 Å². The molecule has 1 atom stereocenters. The summed E-state index contributed by atoms with van der Waals surface area (Å²) < 4.78 is 13.4. The number of pyridine rings is 1. The smallest absolute Gasteiger partial charge is 0.273 e. The van der Waals surface area contributed by atoms with Crippen molar-refractivity contribution in [2.24, 2.45) is 0 Å². The number of aromatic nitrogens is 1. The molecule has 1 saturated heterocycles. The van der Waals surface area contributed by atoms with Gasteiger partial charge in [-0.15, -0.1) is 0 Å². The Bertz CT molecular complexity index is 484. The van der Waals surface area contributed by atoms with Crippen LogP contribution in [0.4, 0.5) is 5.69 Å². The second-order valence-electron chi connectivity index (χ2n) is 4.52. The van der Waals surface area contributed by atoms with E-state index in [9.17, 15) is 4.79 Å². The molecule has 0 saturated carbocycles. The van der Waals surface area contributed by atoms with E-state index in [0.29, 0.717) is 13.2 Å². The molecule has 0 unspecified atom stereocenters. The zero-order valence-corrected chi connectivity index (χ0v) is 11.4. The molecule has 1 fully saturated rings. The zero-order chi connectivity index (χ0) is 12.6. The van der Waals surface area contributed by atoms with Crippen molar-refractivity contribution in [3.05, 3.63) is 27.1 Å². The first-order valence-corrected chi connectivity index (χ1v) is 6.14. The minimum absolute atomic E-state index is 0.128. The third-order valence-corrected chi connectivity index (χ3v) is 2.98. The first kappa shape index (κ1) is 12.6. The summed E-state index contributed by atoms with van der Waals surface area (Å²) in [6, 6.07) is 1.59. The lowest BCUT2D eigenvalue weighted by atomic mass is 10.3. The average molecular weight is 303 g/mol. The van der Waals surface area contributed by atoms with Gasteiger partial charge in [0.15, 0.2) is 5.79 Å². The van der Waals surface area contributed by atoms with Crippen LogP contribution in [0.15, 0.2) is 21.5 Å². The van der Waals surface area contributed by atoms with Gasteiger partial charge in [-0.2, -0.15) is 0 Å². The fourth-order valence-corrected chi connectivity index (χ4v) is 2.32. The topological polar surface area (TPSA) is 66.5 Å². The summed E-state index contributed by atoms with van der Waals surface area (Å²) in [6.45, 7) is 4.62. The number of nitrogens with two attached hydrogens (primary N) is 1. The highest BCUT2D eigenvalue weighted by molar-refractivity contribution is 9.10. The Hall–Kier alpha value is -0.850. The normalized spacial score (nSPS) is 22.9. The summed E-state index contributed by atoms with van der Waals surface area (Å²) >= 11 is 3.31. The van der Waals surface area contributed by atoms with Crippen molar-refractivity contribution in [1.82, 2.24) is 4.57 Å². The Morgan fingerprint density at radius 1 is 1.65 bits per heavy atom. The van der Waals surface area contributed by atoms with Gasteiger partial charge in [0.25, 0.3) is 5.56 Å². The molecular formula is C11H15BrN2O3. The number of hydrogen-bond acceptors (Lipinski definition) is 4. The maximum absolute atomic E-state index is 11.8. The van der Waals surface area contributed by atoms with Crippen LogP contribution in [0.5, 0.6) is 0 Å². The number of halogens is 1. The van der Waals surface area contributed by atoms with Crippen molar-refractivity contribution in [2.75, 3.05) is 12.3 Å². The molecule has 0 amide bonds. The Kier molecular flexibility index (Phi) is 3.29. The molecule has 0 radical (unpaired) electrons. The van der Waals surface area contributed by atoms with Crippen molar-refractivity contribution in [3.63, 3.8) is 0 Å². The highest BCUT2D eigenvalue weighted by Crippen LogP contribution is 2.23. The molecule has 17 heavy (non-hydrogen) atoms. The number of hydrogen-bond donors (Lipinski definition) is 1. The van der Waals surface area contributed by atoms with Crippen LogP contribution < -0.4 is 11.3 Å². The highest BCUT2D eigenvalue weighted by Gasteiger charge is 2.32. The lowest BCUT2D eigenvalue weighted by molar-refractivity contribution is -0.139. The van der Waals surface area contributed by atoms with E-state index in [-0.39, 0.29) is 17.4 Å². The van der Waals surface area contributed by atoms with E-state index in [2.05, 4.69) is 15.9 Å². The van der Waals surface area contributed by atoms with E-state index in [1.165, 1.54) is 4.57 Å².